The van der Waals surface area contributed by atoms with Crippen LogP contribution in [0.3, 0.4) is 0 Å². The zero-order valence-corrected chi connectivity index (χ0v) is 12.0. The van der Waals surface area contributed by atoms with Crippen LogP contribution in [0.5, 0.6) is 0 Å². The summed E-state index contributed by atoms with van der Waals surface area (Å²) in [6.45, 7) is 1.85. The van der Waals surface area contributed by atoms with Crippen molar-refractivity contribution < 1.29 is 14.0 Å². The van der Waals surface area contributed by atoms with E-state index in [1.807, 2.05) is 19.1 Å². The molecule has 0 radical (unpaired) electrons. The van der Waals surface area contributed by atoms with Gasteiger partial charge in [-0.3, -0.25) is 9.59 Å². The Morgan fingerprint density at radius 1 is 1.10 bits per heavy atom. The van der Waals surface area contributed by atoms with E-state index in [-0.39, 0.29) is 18.2 Å². The van der Waals surface area contributed by atoms with E-state index in [2.05, 4.69) is 10.6 Å². The van der Waals surface area contributed by atoms with Crippen molar-refractivity contribution >= 4 is 34.8 Å². The summed E-state index contributed by atoms with van der Waals surface area (Å²) in [4.78, 5) is 23.1. The van der Waals surface area contributed by atoms with Crippen LogP contribution in [0.2, 0.25) is 0 Å². The van der Waals surface area contributed by atoms with Crippen LogP contribution in [0.15, 0.2) is 34.7 Å². The molecule has 0 saturated carbocycles. The molecule has 0 spiro atoms. The van der Waals surface area contributed by atoms with Crippen molar-refractivity contribution in [2.75, 3.05) is 10.6 Å². The number of halogens is 1. The lowest BCUT2D eigenvalue weighted by Gasteiger charge is -2.12. The minimum atomic E-state index is -0.458. The van der Waals surface area contributed by atoms with Crippen molar-refractivity contribution in [2.24, 2.45) is 0 Å². The number of nitrogens with one attached hydrogen (secondary N) is 2. The van der Waals surface area contributed by atoms with Crippen LogP contribution in [0.4, 0.5) is 11.4 Å². The lowest BCUT2D eigenvalue weighted by atomic mass is 10.1. The summed E-state index contributed by atoms with van der Waals surface area (Å²) in [6, 6.07) is 8.93. The van der Waals surface area contributed by atoms with Gasteiger partial charge in [0.25, 0.3) is 0 Å². The van der Waals surface area contributed by atoms with Gasteiger partial charge in [-0.2, -0.15) is 0 Å². The van der Waals surface area contributed by atoms with Gasteiger partial charge in [-0.05, 0) is 36.8 Å². The molecule has 1 aliphatic heterocycles. The molecule has 0 aliphatic carbocycles. The maximum Gasteiger partial charge on any atom is 0.233 e. The number of carbonyl (C=O) groups is 2. The lowest BCUT2D eigenvalue weighted by Crippen LogP contribution is -2.16. The number of benzene rings is 1. The van der Waals surface area contributed by atoms with Crippen LogP contribution in [-0.4, -0.2) is 11.8 Å². The average molecular weight is 305 g/mol. The first-order chi connectivity index (χ1) is 10.0. The van der Waals surface area contributed by atoms with Gasteiger partial charge in [0.15, 0.2) is 0 Å². The predicted octanol–water partition coefficient (Wildman–Crippen LogP) is 3.20. The molecule has 2 amide bonds. The van der Waals surface area contributed by atoms with E-state index in [1.165, 1.54) is 0 Å². The van der Waals surface area contributed by atoms with Gasteiger partial charge >= 0.3 is 0 Å². The molecule has 108 valence electrons. The average Bonchev–Trinajstić information content (AvgIpc) is 2.79. The highest BCUT2D eigenvalue weighted by Crippen LogP contribution is 2.34. The smallest absolute Gasteiger partial charge is 0.233 e. The van der Waals surface area contributed by atoms with Crippen molar-refractivity contribution in [2.45, 2.75) is 18.7 Å². The number of fused-ring (bicyclic) bond motifs is 1. The first-order valence-electron chi connectivity index (χ1n) is 6.47. The molecule has 5 nitrogen and oxygen atoms in total. The summed E-state index contributed by atoms with van der Waals surface area (Å²) < 4.78 is 5.52. The van der Waals surface area contributed by atoms with Gasteiger partial charge in [-0.25, -0.2) is 0 Å². The number of hydrogen-bond donors (Lipinski definition) is 2. The van der Waals surface area contributed by atoms with Gasteiger partial charge in [-0.1, -0.05) is 6.07 Å². The third-order valence-corrected chi connectivity index (χ3v) is 3.68. The van der Waals surface area contributed by atoms with Crippen LogP contribution in [0.1, 0.15) is 28.9 Å². The van der Waals surface area contributed by atoms with Crippen LogP contribution in [-0.2, 0) is 9.59 Å². The Kier molecular flexibility index (Phi) is 3.43. The first kappa shape index (κ1) is 13.7. The zero-order valence-electron chi connectivity index (χ0n) is 11.3. The Hall–Kier alpha value is -2.27. The normalized spacial score (nSPS) is 15.7. The van der Waals surface area contributed by atoms with Crippen molar-refractivity contribution in [3.63, 3.8) is 0 Å². The van der Waals surface area contributed by atoms with Gasteiger partial charge in [0, 0.05) is 0 Å². The molecule has 1 atom stereocenters. The SMILES string of the molecule is Cc1ccc(C(Cl)c2ccc3c(c2)NC(=O)CC(=O)N3)o1. The highest BCUT2D eigenvalue weighted by atomic mass is 35.5. The van der Waals surface area contributed by atoms with E-state index >= 15 is 0 Å². The molecular formula is C15H13ClN2O3. The standard InChI is InChI=1S/C15H13ClN2O3/c1-8-2-5-12(21-8)15(16)9-3-4-10-11(6-9)18-14(20)7-13(19)17-10/h2-6,15H,7H2,1H3,(H,17,19)(H,18,20). The van der Waals surface area contributed by atoms with Crippen molar-refractivity contribution in [1.82, 2.24) is 0 Å². The quantitative estimate of drug-likeness (QED) is 0.661. The van der Waals surface area contributed by atoms with E-state index < -0.39 is 5.38 Å². The van der Waals surface area contributed by atoms with E-state index in [4.69, 9.17) is 16.0 Å². The summed E-state index contributed by atoms with van der Waals surface area (Å²) in [5.41, 5.74) is 1.88. The minimum absolute atomic E-state index is 0.189. The topological polar surface area (TPSA) is 71.3 Å². The van der Waals surface area contributed by atoms with Gasteiger partial charge < -0.3 is 15.1 Å². The maximum absolute atomic E-state index is 11.6. The Bertz CT molecular complexity index is 723. The molecule has 1 unspecified atom stereocenters. The number of aryl methyl sites for hydroxylation is 1. The molecule has 1 aromatic heterocycles. The second-order valence-corrected chi connectivity index (χ2v) is 5.33. The summed E-state index contributed by atoms with van der Waals surface area (Å²) in [5.74, 6) is 0.746. The van der Waals surface area contributed by atoms with Crippen molar-refractivity contribution in [3.05, 3.63) is 47.4 Å². The molecule has 0 bridgehead atoms. The van der Waals surface area contributed by atoms with E-state index in [9.17, 15) is 9.59 Å². The Morgan fingerprint density at radius 3 is 2.48 bits per heavy atom. The zero-order chi connectivity index (χ0) is 15.0. The lowest BCUT2D eigenvalue weighted by molar-refractivity contribution is -0.123. The molecule has 0 fully saturated rings. The summed E-state index contributed by atoms with van der Waals surface area (Å²) in [6.07, 6.45) is -0.189. The summed E-state index contributed by atoms with van der Waals surface area (Å²) >= 11 is 6.40. The third kappa shape index (κ3) is 2.78. The second-order valence-electron chi connectivity index (χ2n) is 4.89. The van der Waals surface area contributed by atoms with Gasteiger partial charge in [0.1, 0.15) is 23.3 Å². The minimum Gasteiger partial charge on any atom is -0.464 e. The van der Waals surface area contributed by atoms with E-state index in [0.717, 1.165) is 11.3 Å². The number of hydrogen-bond acceptors (Lipinski definition) is 3. The molecular weight excluding hydrogens is 292 g/mol. The van der Waals surface area contributed by atoms with Crippen LogP contribution < -0.4 is 10.6 Å². The number of carbonyl (C=O) groups excluding carboxylic acids is 2. The van der Waals surface area contributed by atoms with E-state index in [1.54, 1.807) is 18.2 Å². The summed E-state index contributed by atoms with van der Waals surface area (Å²) in [5, 5.41) is 4.91. The monoisotopic (exact) mass is 304 g/mol. The maximum atomic E-state index is 11.6. The number of alkyl halides is 1. The Labute approximate surface area is 126 Å². The van der Waals surface area contributed by atoms with Crippen LogP contribution in [0.25, 0.3) is 0 Å². The van der Waals surface area contributed by atoms with Gasteiger partial charge in [-0.15, -0.1) is 11.6 Å². The molecule has 6 heteroatoms. The predicted molar refractivity (Wildman–Crippen MR) is 79.5 cm³/mol. The molecule has 3 rings (SSSR count). The van der Waals surface area contributed by atoms with Crippen molar-refractivity contribution in [3.8, 4) is 0 Å². The third-order valence-electron chi connectivity index (χ3n) is 3.22. The second kappa shape index (κ2) is 5.26. The first-order valence-corrected chi connectivity index (χ1v) is 6.90. The molecule has 2 N–H and O–H groups in total. The largest absolute Gasteiger partial charge is 0.464 e. The Balaban J connectivity index is 1.95. The highest BCUT2D eigenvalue weighted by molar-refractivity contribution is 6.22. The number of anilines is 2. The fourth-order valence-electron chi connectivity index (χ4n) is 2.22. The molecule has 2 aromatic rings. The molecule has 0 saturated heterocycles. The number of furan rings is 1. The van der Waals surface area contributed by atoms with E-state index in [0.29, 0.717) is 17.1 Å². The van der Waals surface area contributed by atoms with Crippen LogP contribution in [0, 0.1) is 6.92 Å². The van der Waals surface area contributed by atoms with Gasteiger partial charge in [0.2, 0.25) is 11.8 Å². The van der Waals surface area contributed by atoms with Gasteiger partial charge in [0.05, 0.1) is 11.4 Å². The number of rotatable bonds is 2. The molecule has 1 aliphatic rings. The highest BCUT2D eigenvalue weighted by Gasteiger charge is 2.21. The Morgan fingerprint density at radius 2 is 1.81 bits per heavy atom. The molecule has 2 heterocycles. The fraction of sp³-hybridized carbons (Fsp3) is 0.200. The van der Waals surface area contributed by atoms with Crippen LogP contribution >= 0.6 is 11.6 Å². The fourth-order valence-corrected chi connectivity index (χ4v) is 2.47. The molecule has 21 heavy (non-hydrogen) atoms. The molecule has 1 aromatic carbocycles. The van der Waals surface area contributed by atoms with Crippen molar-refractivity contribution in [1.29, 1.82) is 0 Å². The summed E-state index contributed by atoms with van der Waals surface area (Å²) in [7, 11) is 0. The number of amides is 2.